The maximum atomic E-state index is 12.3. The summed E-state index contributed by atoms with van der Waals surface area (Å²) in [5, 5.41) is 9.66. The summed E-state index contributed by atoms with van der Waals surface area (Å²) in [6.45, 7) is 4.06. The van der Waals surface area contributed by atoms with E-state index < -0.39 is 6.10 Å². The summed E-state index contributed by atoms with van der Waals surface area (Å²) in [5.74, 6) is -0.581. The molecule has 1 unspecified atom stereocenters. The molecule has 0 fully saturated rings. The van der Waals surface area contributed by atoms with Gasteiger partial charge in [0.05, 0.1) is 6.61 Å². The van der Waals surface area contributed by atoms with Crippen LogP contribution in [0, 0.1) is 0 Å². The second-order valence-corrected chi connectivity index (χ2v) is 19.7. The van der Waals surface area contributed by atoms with Gasteiger partial charge in [-0.3, -0.25) is 9.59 Å². The van der Waals surface area contributed by atoms with Gasteiger partial charge in [0, 0.05) is 12.8 Å². The molecule has 0 heterocycles. The van der Waals surface area contributed by atoms with Crippen LogP contribution in [0.1, 0.15) is 290 Å². The Morgan fingerprint density at radius 1 is 0.348 bits per heavy atom. The molecule has 0 aromatic rings. The second kappa shape index (κ2) is 59.4. The first-order valence-electron chi connectivity index (χ1n) is 29.6. The molecule has 0 aliphatic carbocycles. The number of aliphatic hydroxyl groups is 1. The molecule has 398 valence electrons. The summed E-state index contributed by atoms with van der Waals surface area (Å²) in [7, 11) is 0. The maximum absolute atomic E-state index is 12.3. The first-order chi connectivity index (χ1) is 34.1. The van der Waals surface area contributed by atoms with Gasteiger partial charge < -0.3 is 14.6 Å². The fourth-order valence-electron chi connectivity index (χ4n) is 8.54. The summed E-state index contributed by atoms with van der Waals surface area (Å²) in [6, 6.07) is 0. The number of rotatable bonds is 54. The molecule has 0 amide bonds. The van der Waals surface area contributed by atoms with E-state index in [1.807, 2.05) is 0 Å². The van der Waals surface area contributed by atoms with Crippen LogP contribution in [0.2, 0.25) is 0 Å². The topological polar surface area (TPSA) is 72.8 Å². The second-order valence-electron chi connectivity index (χ2n) is 19.7. The van der Waals surface area contributed by atoms with Crippen molar-refractivity contribution in [3.63, 3.8) is 0 Å². The third-order valence-electron chi connectivity index (χ3n) is 13.0. The highest BCUT2D eigenvalue weighted by Gasteiger charge is 2.16. The number of ether oxygens (including phenoxy) is 2. The van der Waals surface area contributed by atoms with E-state index in [1.54, 1.807) is 0 Å². The van der Waals surface area contributed by atoms with Crippen molar-refractivity contribution in [1.29, 1.82) is 0 Å². The van der Waals surface area contributed by atoms with Gasteiger partial charge in [-0.05, 0) is 70.6 Å². The van der Waals surface area contributed by atoms with E-state index in [9.17, 15) is 14.7 Å². The number of carbonyl (C=O) groups excluding carboxylic acids is 2. The van der Waals surface area contributed by atoms with Crippen LogP contribution in [0.3, 0.4) is 0 Å². The van der Waals surface area contributed by atoms with Crippen molar-refractivity contribution < 1.29 is 24.2 Å². The Hall–Kier alpha value is -2.92. The Morgan fingerprint density at radius 2 is 0.623 bits per heavy atom. The summed E-state index contributed by atoms with van der Waals surface area (Å²) in [6.07, 6.45) is 82.8. The lowest BCUT2D eigenvalue weighted by Gasteiger charge is -2.15. The predicted octanol–water partition coefficient (Wildman–Crippen LogP) is 20.1. The van der Waals surface area contributed by atoms with E-state index in [-0.39, 0.29) is 25.2 Å². The molecule has 0 aromatic carbocycles. The van der Waals surface area contributed by atoms with Crippen LogP contribution < -0.4 is 0 Å². The van der Waals surface area contributed by atoms with Crippen molar-refractivity contribution in [2.45, 2.75) is 296 Å². The number of hydrogen-bond donors (Lipinski definition) is 1. The van der Waals surface area contributed by atoms with Crippen LogP contribution in [0.15, 0.2) is 85.1 Å². The first-order valence-corrected chi connectivity index (χ1v) is 29.6. The first kappa shape index (κ1) is 66.1. The largest absolute Gasteiger partial charge is 0.462 e. The van der Waals surface area contributed by atoms with Gasteiger partial charge in [-0.25, -0.2) is 0 Å². The Balaban J connectivity index is 3.49. The predicted molar refractivity (Wildman–Crippen MR) is 302 cm³/mol. The molecular weight excluding hydrogens is 849 g/mol. The van der Waals surface area contributed by atoms with Crippen molar-refractivity contribution >= 4 is 11.9 Å². The molecule has 0 aliphatic heterocycles. The molecule has 0 spiro atoms. The standard InChI is InChI=1S/C64H112O5/c1-3-5-7-9-11-13-15-17-19-21-23-25-26-27-28-29-30-31-32-33-34-35-36-37-38-39-41-43-45-47-49-51-53-55-57-59-64(67)69-62(60-65)61-68-63(66)58-56-54-52-50-48-46-44-42-40-24-22-20-18-16-14-12-10-8-6-4-2/h5,7,11,13,17,19,23,25,27-28,30-31,33-34,62,65H,3-4,6,8-10,12,14-16,18,20-22,24,26,29,32,35-61H2,1-2H3/b7-5-,13-11-,19-17-,25-23-,28-27-,31-30-,34-33-. The lowest BCUT2D eigenvalue weighted by atomic mass is 10.0. The molecule has 0 saturated heterocycles. The van der Waals surface area contributed by atoms with Crippen molar-refractivity contribution in [3.05, 3.63) is 85.1 Å². The summed E-state index contributed by atoms with van der Waals surface area (Å²) >= 11 is 0. The lowest BCUT2D eigenvalue weighted by molar-refractivity contribution is -0.161. The van der Waals surface area contributed by atoms with E-state index in [0.717, 1.165) is 83.5 Å². The van der Waals surface area contributed by atoms with Gasteiger partial charge in [0.2, 0.25) is 0 Å². The van der Waals surface area contributed by atoms with Crippen LogP contribution in [0.25, 0.3) is 0 Å². The fourth-order valence-corrected chi connectivity index (χ4v) is 8.54. The fraction of sp³-hybridized carbons (Fsp3) is 0.750. The summed E-state index contributed by atoms with van der Waals surface area (Å²) in [4.78, 5) is 24.5. The minimum absolute atomic E-state index is 0.0648. The van der Waals surface area contributed by atoms with Gasteiger partial charge >= 0.3 is 11.9 Å². The summed E-state index contributed by atoms with van der Waals surface area (Å²) < 4.78 is 10.7. The molecule has 5 nitrogen and oxygen atoms in total. The van der Waals surface area contributed by atoms with E-state index in [1.165, 1.54) is 180 Å². The third kappa shape index (κ3) is 57.5. The molecule has 0 radical (unpaired) electrons. The molecule has 0 saturated carbocycles. The molecule has 1 atom stereocenters. The number of hydrogen-bond acceptors (Lipinski definition) is 5. The van der Waals surface area contributed by atoms with Crippen molar-refractivity contribution in [1.82, 2.24) is 0 Å². The highest BCUT2D eigenvalue weighted by molar-refractivity contribution is 5.70. The maximum Gasteiger partial charge on any atom is 0.306 e. The van der Waals surface area contributed by atoms with Crippen LogP contribution in [0.4, 0.5) is 0 Å². The Kier molecular flexibility index (Phi) is 56.9. The van der Waals surface area contributed by atoms with E-state index in [2.05, 4.69) is 98.9 Å². The monoisotopic (exact) mass is 961 g/mol. The van der Waals surface area contributed by atoms with Gasteiger partial charge in [-0.1, -0.05) is 292 Å². The molecule has 1 N–H and O–H groups in total. The van der Waals surface area contributed by atoms with Crippen molar-refractivity contribution in [3.8, 4) is 0 Å². The van der Waals surface area contributed by atoms with Crippen LogP contribution in [-0.2, 0) is 19.1 Å². The van der Waals surface area contributed by atoms with Gasteiger partial charge in [-0.2, -0.15) is 0 Å². The zero-order valence-corrected chi connectivity index (χ0v) is 45.6. The minimum atomic E-state index is -0.774. The lowest BCUT2D eigenvalue weighted by Crippen LogP contribution is -2.28. The van der Waals surface area contributed by atoms with Gasteiger partial charge in [0.15, 0.2) is 6.10 Å². The van der Waals surface area contributed by atoms with Gasteiger partial charge in [-0.15, -0.1) is 0 Å². The SMILES string of the molecule is CC/C=C\C/C=C\C/C=C\C/C=C\C/C=C\C/C=C\C/C=C\CCCCCCCCCCCCCCCC(=O)OC(CO)COC(=O)CCCCCCCCCCCCCCCCCCCCCC. The zero-order chi connectivity index (χ0) is 49.9. The molecule has 0 aromatic heterocycles. The van der Waals surface area contributed by atoms with Crippen molar-refractivity contribution in [2.75, 3.05) is 13.2 Å². The van der Waals surface area contributed by atoms with Crippen LogP contribution in [0.5, 0.6) is 0 Å². The van der Waals surface area contributed by atoms with Crippen molar-refractivity contribution in [2.24, 2.45) is 0 Å². The number of esters is 2. The number of aliphatic hydroxyl groups excluding tert-OH is 1. The number of unbranched alkanes of at least 4 members (excludes halogenated alkanes) is 32. The highest BCUT2D eigenvalue weighted by atomic mass is 16.6. The number of carbonyl (C=O) groups is 2. The number of allylic oxidation sites excluding steroid dienone is 14. The van der Waals surface area contributed by atoms with E-state index >= 15 is 0 Å². The molecule has 5 heteroatoms. The Labute approximate surface area is 428 Å². The Morgan fingerprint density at radius 3 is 0.942 bits per heavy atom. The quantitative estimate of drug-likeness (QED) is 0.0374. The van der Waals surface area contributed by atoms with E-state index in [0.29, 0.717) is 12.8 Å². The minimum Gasteiger partial charge on any atom is -0.462 e. The molecule has 0 rings (SSSR count). The van der Waals surface area contributed by atoms with E-state index in [4.69, 9.17) is 9.47 Å². The summed E-state index contributed by atoms with van der Waals surface area (Å²) in [5.41, 5.74) is 0. The molecule has 0 aliphatic rings. The van der Waals surface area contributed by atoms with Crippen LogP contribution in [-0.4, -0.2) is 36.4 Å². The average molecular weight is 962 g/mol. The highest BCUT2D eigenvalue weighted by Crippen LogP contribution is 2.17. The average Bonchev–Trinajstić information content (AvgIpc) is 3.35. The van der Waals surface area contributed by atoms with Gasteiger partial charge in [0.1, 0.15) is 6.61 Å². The normalized spacial score (nSPS) is 12.8. The van der Waals surface area contributed by atoms with Crippen LogP contribution >= 0.6 is 0 Å². The zero-order valence-electron chi connectivity index (χ0n) is 45.6. The molecule has 0 bridgehead atoms. The van der Waals surface area contributed by atoms with Gasteiger partial charge in [0.25, 0.3) is 0 Å². The Bertz CT molecular complexity index is 1270. The molecular formula is C64H112O5. The molecule has 69 heavy (non-hydrogen) atoms. The smallest absolute Gasteiger partial charge is 0.306 e. The third-order valence-corrected chi connectivity index (χ3v) is 13.0.